The van der Waals surface area contributed by atoms with Gasteiger partial charge in [-0.15, -0.1) is 0 Å². The smallest absolute Gasteiger partial charge is 0.271 e. The van der Waals surface area contributed by atoms with Gasteiger partial charge in [-0.25, -0.2) is 8.42 Å². The Labute approximate surface area is 195 Å². The van der Waals surface area contributed by atoms with E-state index in [1.54, 1.807) is 13.0 Å². The normalized spacial score (nSPS) is 16.7. The van der Waals surface area contributed by atoms with Crippen molar-refractivity contribution in [3.8, 4) is 11.5 Å². The van der Waals surface area contributed by atoms with E-state index in [0.717, 1.165) is 4.90 Å². The molecule has 2 aliphatic heterocycles. The predicted octanol–water partition coefficient (Wildman–Crippen LogP) is 0.867. The van der Waals surface area contributed by atoms with Gasteiger partial charge < -0.3 is 14.7 Å². The van der Waals surface area contributed by atoms with E-state index in [4.69, 9.17) is 4.74 Å². The molecule has 0 spiro atoms. The van der Waals surface area contributed by atoms with E-state index in [0.29, 0.717) is 5.56 Å². The molecule has 2 aromatic carbocycles. The molecule has 0 aromatic heterocycles. The number of ether oxygens (including phenoxy) is 1. The maximum atomic E-state index is 13.0. The summed E-state index contributed by atoms with van der Waals surface area (Å²) in [4.78, 5) is 38.2. The number of nitrogens with zero attached hydrogens (tertiary/aromatic N) is 4. The van der Waals surface area contributed by atoms with Gasteiger partial charge in [-0.1, -0.05) is 6.07 Å². The minimum Gasteiger partial charge on any atom is -0.507 e. The number of piperazine rings is 1. The van der Waals surface area contributed by atoms with Crippen LogP contribution in [-0.4, -0.2) is 78.8 Å². The van der Waals surface area contributed by atoms with Crippen LogP contribution in [0.3, 0.4) is 0 Å². The lowest BCUT2D eigenvalue weighted by Gasteiger charge is -2.36. The Morgan fingerprint density at radius 3 is 2.53 bits per heavy atom. The number of amides is 2. The molecular weight excluding hydrogens is 468 g/mol. The van der Waals surface area contributed by atoms with Crippen molar-refractivity contribution in [2.24, 2.45) is 0 Å². The summed E-state index contributed by atoms with van der Waals surface area (Å²) in [6.45, 7) is 1.26. The number of nitro benzene ring substituents is 1. The Morgan fingerprint density at radius 1 is 1.15 bits per heavy atom. The fourth-order valence-electron chi connectivity index (χ4n) is 3.86. The predicted molar refractivity (Wildman–Crippen MR) is 119 cm³/mol. The fourth-order valence-corrected chi connectivity index (χ4v) is 5.45. The Morgan fingerprint density at radius 2 is 1.85 bits per heavy atom. The molecule has 2 amide bonds. The van der Waals surface area contributed by atoms with Gasteiger partial charge in [0, 0.05) is 38.3 Å². The van der Waals surface area contributed by atoms with Crippen molar-refractivity contribution in [3.63, 3.8) is 0 Å². The highest BCUT2D eigenvalue weighted by Crippen LogP contribution is 2.35. The Hall–Kier alpha value is -3.71. The SMILES string of the molecule is Cc1ccc(O)c(S(=O)(=O)N2CCN(C(=O)CN3C(=O)COc4ccc([N+](=O)[O-])cc43)CC2)c1. The monoisotopic (exact) mass is 490 g/mol. The Balaban J connectivity index is 1.46. The molecule has 1 saturated heterocycles. The second-order valence-electron chi connectivity index (χ2n) is 7.93. The second kappa shape index (κ2) is 8.91. The summed E-state index contributed by atoms with van der Waals surface area (Å²) < 4.78 is 32.4. The van der Waals surface area contributed by atoms with Crippen molar-refractivity contribution >= 4 is 33.2 Å². The first-order valence-electron chi connectivity index (χ1n) is 10.4. The molecule has 12 nitrogen and oxygen atoms in total. The van der Waals surface area contributed by atoms with Gasteiger partial charge in [0.2, 0.25) is 15.9 Å². The van der Waals surface area contributed by atoms with Gasteiger partial charge in [0.1, 0.15) is 22.9 Å². The zero-order valence-electron chi connectivity index (χ0n) is 18.2. The van der Waals surface area contributed by atoms with Crippen LogP contribution in [0.4, 0.5) is 11.4 Å². The van der Waals surface area contributed by atoms with Crippen LogP contribution >= 0.6 is 0 Å². The van der Waals surface area contributed by atoms with Crippen molar-refractivity contribution in [3.05, 3.63) is 52.1 Å². The third-order valence-corrected chi connectivity index (χ3v) is 7.64. The summed E-state index contributed by atoms with van der Waals surface area (Å²) in [5.74, 6) is -1.03. The average Bonchev–Trinajstić information content (AvgIpc) is 2.82. The molecule has 0 radical (unpaired) electrons. The van der Waals surface area contributed by atoms with E-state index in [2.05, 4.69) is 0 Å². The van der Waals surface area contributed by atoms with Crippen molar-refractivity contribution < 1.29 is 32.8 Å². The highest BCUT2D eigenvalue weighted by atomic mass is 32.2. The van der Waals surface area contributed by atoms with Crippen LogP contribution in [0.1, 0.15) is 5.56 Å². The maximum absolute atomic E-state index is 13.0. The van der Waals surface area contributed by atoms with E-state index in [9.17, 15) is 33.2 Å². The van der Waals surface area contributed by atoms with Gasteiger partial charge in [-0.2, -0.15) is 4.31 Å². The molecular formula is C21H22N4O8S. The molecule has 1 fully saturated rings. The first kappa shape index (κ1) is 23.4. The molecule has 4 rings (SSSR count). The summed E-state index contributed by atoms with van der Waals surface area (Å²) in [7, 11) is -3.95. The van der Waals surface area contributed by atoms with E-state index in [1.807, 2.05) is 0 Å². The number of carbonyl (C=O) groups excluding carboxylic acids is 2. The van der Waals surface area contributed by atoms with Crippen molar-refractivity contribution in [1.29, 1.82) is 0 Å². The number of rotatable bonds is 5. The number of benzene rings is 2. The van der Waals surface area contributed by atoms with Gasteiger partial charge in [-0.3, -0.25) is 24.6 Å². The summed E-state index contributed by atoms with van der Waals surface area (Å²) in [5, 5.41) is 21.1. The Bertz CT molecular complexity index is 1270. The fraction of sp³-hybridized carbons (Fsp3) is 0.333. The number of nitro groups is 1. The quantitative estimate of drug-likeness (QED) is 0.479. The van der Waals surface area contributed by atoms with Crippen LogP contribution in [-0.2, 0) is 19.6 Å². The standard InChI is InChI=1S/C21H22N4O8S/c1-14-2-4-17(26)19(10-14)34(31,32)23-8-6-22(7-9-23)20(27)12-24-16-11-15(25(29)30)3-5-18(16)33-13-21(24)28/h2-5,10-11,26H,6-9,12-13H2,1H3. The number of fused-ring (bicyclic) bond motifs is 1. The van der Waals surface area contributed by atoms with Crippen LogP contribution in [0.25, 0.3) is 0 Å². The number of aryl methyl sites for hydroxylation is 1. The summed E-state index contributed by atoms with van der Waals surface area (Å²) in [6, 6.07) is 8.12. The number of aromatic hydroxyl groups is 1. The molecule has 0 unspecified atom stereocenters. The van der Waals surface area contributed by atoms with E-state index in [-0.39, 0.29) is 67.1 Å². The summed E-state index contributed by atoms with van der Waals surface area (Å²) >= 11 is 0. The lowest BCUT2D eigenvalue weighted by molar-refractivity contribution is -0.384. The van der Waals surface area contributed by atoms with Crippen LogP contribution in [0.5, 0.6) is 11.5 Å². The molecule has 2 heterocycles. The number of carbonyl (C=O) groups is 2. The van der Waals surface area contributed by atoms with Gasteiger partial charge in [0.25, 0.3) is 11.6 Å². The number of hydrogen-bond donors (Lipinski definition) is 1. The number of phenolic OH excluding ortho intramolecular Hbond substituents is 1. The third kappa shape index (κ3) is 4.39. The summed E-state index contributed by atoms with van der Waals surface area (Å²) in [6.07, 6.45) is 0. The van der Waals surface area contributed by atoms with Gasteiger partial charge in [-0.05, 0) is 30.7 Å². The third-order valence-electron chi connectivity index (χ3n) is 5.71. The molecule has 2 aliphatic rings. The highest BCUT2D eigenvalue weighted by molar-refractivity contribution is 7.89. The van der Waals surface area contributed by atoms with Crippen molar-refractivity contribution in [2.75, 3.05) is 44.2 Å². The van der Waals surface area contributed by atoms with Crippen LogP contribution in [0, 0.1) is 17.0 Å². The first-order chi connectivity index (χ1) is 16.1. The van der Waals surface area contributed by atoms with Crippen molar-refractivity contribution in [1.82, 2.24) is 9.21 Å². The molecule has 0 saturated carbocycles. The number of sulfonamides is 1. The van der Waals surface area contributed by atoms with Crippen molar-refractivity contribution in [2.45, 2.75) is 11.8 Å². The molecule has 34 heavy (non-hydrogen) atoms. The highest BCUT2D eigenvalue weighted by Gasteiger charge is 2.34. The van der Waals surface area contributed by atoms with Gasteiger partial charge in [0.05, 0.1) is 10.6 Å². The van der Waals surface area contributed by atoms with Crippen LogP contribution < -0.4 is 9.64 Å². The molecule has 13 heteroatoms. The van der Waals surface area contributed by atoms with E-state index >= 15 is 0 Å². The molecule has 180 valence electrons. The summed E-state index contributed by atoms with van der Waals surface area (Å²) in [5.41, 5.74) is 0.573. The number of anilines is 1. The molecule has 0 bridgehead atoms. The zero-order chi connectivity index (χ0) is 24.6. The average molecular weight is 490 g/mol. The molecule has 0 atom stereocenters. The molecule has 1 N–H and O–H groups in total. The number of phenols is 1. The Kier molecular flexibility index (Phi) is 6.15. The van der Waals surface area contributed by atoms with E-state index in [1.165, 1.54) is 39.5 Å². The minimum absolute atomic E-state index is 0.0145. The van der Waals surface area contributed by atoms with E-state index < -0.39 is 26.8 Å². The van der Waals surface area contributed by atoms with Gasteiger partial charge >= 0.3 is 0 Å². The van der Waals surface area contributed by atoms with Gasteiger partial charge in [0.15, 0.2) is 6.61 Å². The number of hydrogen-bond acceptors (Lipinski definition) is 8. The minimum atomic E-state index is -3.95. The topological polar surface area (TPSA) is 151 Å². The molecule has 2 aromatic rings. The van der Waals surface area contributed by atoms with Crippen LogP contribution in [0.2, 0.25) is 0 Å². The van der Waals surface area contributed by atoms with Crippen LogP contribution in [0.15, 0.2) is 41.3 Å². The number of non-ortho nitro benzene ring substituents is 1. The lowest BCUT2D eigenvalue weighted by atomic mass is 10.2. The lowest BCUT2D eigenvalue weighted by Crippen LogP contribution is -2.53. The zero-order valence-corrected chi connectivity index (χ0v) is 19.0. The maximum Gasteiger partial charge on any atom is 0.271 e. The largest absolute Gasteiger partial charge is 0.507 e. The second-order valence-corrected chi connectivity index (χ2v) is 9.84. The molecule has 0 aliphatic carbocycles. The first-order valence-corrected chi connectivity index (χ1v) is 11.8.